The van der Waals surface area contributed by atoms with E-state index in [4.69, 9.17) is 0 Å². The minimum Gasteiger partial charge on any atom is -0.354 e. The molecule has 2 heterocycles. The van der Waals surface area contributed by atoms with Gasteiger partial charge in [0, 0.05) is 6.54 Å². The lowest BCUT2D eigenvalue weighted by Gasteiger charge is -2.04. The molecule has 2 aromatic heterocycles. The summed E-state index contributed by atoms with van der Waals surface area (Å²) in [5.41, 5.74) is 0. The largest absolute Gasteiger partial charge is 0.354 e. The standard InChI is InChI=1S/C9H10FN5S2/c1-2-3-11-8-12-4-6(10)7(15-8)16-9-13-5-14-17-9/h4-5H,2-3H2,1H3,(H,11,12,15). The van der Waals surface area contributed by atoms with Crippen molar-refractivity contribution < 1.29 is 4.39 Å². The first-order chi connectivity index (χ1) is 8.29. The summed E-state index contributed by atoms with van der Waals surface area (Å²) in [6.07, 6.45) is 3.55. The Morgan fingerprint density at radius 2 is 2.35 bits per heavy atom. The van der Waals surface area contributed by atoms with Crippen molar-refractivity contribution in [1.29, 1.82) is 0 Å². The van der Waals surface area contributed by atoms with Crippen LogP contribution in [0.4, 0.5) is 10.3 Å². The topological polar surface area (TPSA) is 63.6 Å². The lowest BCUT2D eigenvalue weighted by molar-refractivity contribution is 0.579. The molecule has 0 radical (unpaired) electrons. The molecule has 0 aliphatic heterocycles. The van der Waals surface area contributed by atoms with E-state index in [1.165, 1.54) is 17.9 Å². The Labute approximate surface area is 106 Å². The maximum absolute atomic E-state index is 13.5. The van der Waals surface area contributed by atoms with Crippen molar-refractivity contribution in [1.82, 2.24) is 19.3 Å². The summed E-state index contributed by atoms with van der Waals surface area (Å²) in [5, 5.41) is 3.27. The Balaban J connectivity index is 2.14. The van der Waals surface area contributed by atoms with E-state index in [2.05, 4.69) is 24.6 Å². The van der Waals surface area contributed by atoms with Gasteiger partial charge in [-0.25, -0.2) is 19.3 Å². The summed E-state index contributed by atoms with van der Waals surface area (Å²) >= 11 is 2.35. The molecule has 0 saturated carbocycles. The molecule has 0 fully saturated rings. The summed E-state index contributed by atoms with van der Waals surface area (Å²) in [6, 6.07) is 0. The Kier molecular flexibility index (Phi) is 4.21. The number of aromatic nitrogens is 4. The molecule has 17 heavy (non-hydrogen) atoms. The quantitative estimate of drug-likeness (QED) is 0.843. The normalized spacial score (nSPS) is 10.5. The summed E-state index contributed by atoms with van der Waals surface area (Å²) < 4.78 is 18.0. The van der Waals surface area contributed by atoms with Crippen LogP contribution in [-0.4, -0.2) is 25.9 Å². The van der Waals surface area contributed by atoms with Gasteiger partial charge < -0.3 is 5.32 Å². The average molecular weight is 271 g/mol. The number of nitrogens with zero attached hydrogens (tertiary/aromatic N) is 4. The van der Waals surface area contributed by atoms with Crippen LogP contribution in [0.15, 0.2) is 21.9 Å². The smallest absolute Gasteiger partial charge is 0.223 e. The second-order valence-electron chi connectivity index (χ2n) is 3.08. The SMILES string of the molecule is CCCNc1ncc(F)c(Sc2ncns2)n1. The molecule has 0 aliphatic carbocycles. The van der Waals surface area contributed by atoms with Gasteiger partial charge in [-0.2, -0.15) is 4.37 Å². The van der Waals surface area contributed by atoms with Gasteiger partial charge in [0.25, 0.3) is 0 Å². The number of halogens is 1. The van der Waals surface area contributed by atoms with E-state index in [0.717, 1.165) is 30.9 Å². The van der Waals surface area contributed by atoms with Gasteiger partial charge in [-0.3, -0.25) is 0 Å². The third-order valence-corrected chi connectivity index (χ3v) is 3.46. The maximum atomic E-state index is 13.5. The summed E-state index contributed by atoms with van der Waals surface area (Å²) in [5.74, 6) is -0.0208. The molecule has 0 aromatic carbocycles. The summed E-state index contributed by atoms with van der Waals surface area (Å²) in [7, 11) is 0. The van der Waals surface area contributed by atoms with Crippen molar-refractivity contribution in [2.45, 2.75) is 22.7 Å². The summed E-state index contributed by atoms with van der Waals surface area (Å²) in [6.45, 7) is 2.79. The van der Waals surface area contributed by atoms with E-state index in [1.807, 2.05) is 6.92 Å². The van der Waals surface area contributed by atoms with Gasteiger partial charge in [0.2, 0.25) is 5.95 Å². The molecular weight excluding hydrogens is 261 g/mol. The fourth-order valence-electron chi connectivity index (χ4n) is 1.04. The van der Waals surface area contributed by atoms with Crippen LogP contribution in [0, 0.1) is 5.82 Å². The number of hydrogen-bond acceptors (Lipinski definition) is 7. The van der Waals surface area contributed by atoms with Crippen LogP contribution in [0.25, 0.3) is 0 Å². The Morgan fingerprint density at radius 1 is 1.47 bits per heavy atom. The fraction of sp³-hybridized carbons (Fsp3) is 0.333. The molecule has 0 saturated heterocycles. The van der Waals surface area contributed by atoms with Gasteiger partial charge in [0.1, 0.15) is 11.4 Å². The monoisotopic (exact) mass is 271 g/mol. The van der Waals surface area contributed by atoms with E-state index in [-0.39, 0.29) is 5.03 Å². The minimum atomic E-state index is -0.452. The van der Waals surface area contributed by atoms with E-state index in [9.17, 15) is 4.39 Å². The third kappa shape index (κ3) is 3.34. The first-order valence-electron chi connectivity index (χ1n) is 5.00. The van der Waals surface area contributed by atoms with Gasteiger partial charge in [-0.15, -0.1) is 0 Å². The Bertz CT molecular complexity index is 476. The lowest BCUT2D eigenvalue weighted by atomic mass is 10.5. The Hall–Kier alpha value is -1.28. The minimum absolute atomic E-state index is 0.260. The van der Waals surface area contributed by atoms with Gasteiger partial charge in [0.15, 0.2) is 10.2 Å². The zero-order valence-corrected chi connectivity index (χ0v) is 10.7. The molecule has 2 rings (SSSR count). The zero-order chi connectivity index (χ0) is 12.1. The highest BCUT2D eigenvalue weighted by Crippen LogP contribution is 2.28. The molecule has 0 spiro atoms. The number of hydrogen-bond donors (Lipinski definition) is 1. The van der Waals surface area contributed by atoms with Crippen molar-refractivity contribution in [3.8, 4) is 0 Å². The van der Waals surface area contributed by atoms with Gasteiger partial charge in [-0.05, 0) is 29.7 Å². The molecule has 0 unspecified atom stereocenters. The first kappa shape index (κ1) is 12.2. The highest BCUT2D eigenvalue weighted by molar-refractivity contribution is 8.00. The van der Waals surface area contributed by atoms with Crippen LogP contribution in [0.3, 0.4) is 0 Å². The van der Waals surface area contributed by atoms with Crippen molar-refractivity contribution in [2.24, 2.45) is 0 Å². The van der Waals surface area contributed by atoms with Gasteiger partial charge in [-0.1, -0.05) is 6.92 Å². The molecule has 90 valence electrons. The number of nitrogens with one attached hydrogen (secondary N) is 1. The zero-order valence-electron chi connectivity index (χ0n) is 9.05. The Morgan fingerprint density at radius 3 is 3.06 bits per heavy atom. The predicted octanol–water partition coefficient (Wildman–Crippen LogP) is 2.44. The second kappa shape index (κ2) is 5.87. The molecule has 5 nitrogen and oxygen atoms in total. The fourth-order valence-corrected chi connectivity index (χ4v) is 2.38. The molecule has 0 bridgehead atoms. The van der Waals surface area contributed by atoms with Crippen LogP contribution < -0.4 is 5.32 Å². The van der Waals surface area contributed by atoms with E-state index < -0.39 is 5.82 Å². The first-order valence-corrected chi connectivity index (χ1v) is 6.59. The molecule has 1 N–H and O–H groups in total. The highest BCUT2D eigenvalue weighted by atomic mass is 32.2. The molecule has 0 aliphatic rings. The highest BCUT2D eigenvalue weighted by Gasteiger charge is 2.10. The van der Waals surface area contributed by atoms with E-state index in [1.54, 1.807) is 0 Å². The van der Waals surface area contributed by atoms with Gasteiger partial charge >= 0.3 is 0 Å². The average Bonchev–Trinajstić information content (AvgIpc) is 2.83. The van der Waals surface area contributed by atoms with Crippen LogP contribution in [0.1, 0.15) is 13.3 Å². The lowest BCUT2D eigenvalue weighted by Crippen LogP contribution is -2.05. The van der Waals surface area contributed by atoms with Crippen LogP contribution in [0.2, 0.25) is 0 Å². The molecule has 0 atom stereocenters. The van der Waals surface area contributed by atoms with Crippen LogP contribution in [-0.2, 0) is 0 Å². The number of rotatable bonds is 5. The maximum Gasteiger partial charge on any atom is 0.223 e. The van der Waals surface area contributed by atoms with Crippen LogP contribution >= 0.6 is 23.3 Å². The van der Waals surface area contributed by atoms with Crippen LogP contribution in [0.5, 0.6) is 0 Å². The third-order valence-electron chi connectivity index (χ3n) is 1.77. The van der Waals surface area contributed by atoms with E-state index >= 15 is 0 Å². The molecular formula is C9H10FN5S2. The number of anilines is 1. The van der Waals surface area contributed by atoms with Crippen molar-refractivity contribution in [3.05, 3.63) is 18.3 Å². The molecule has 8 heteroatoms. The summed E-state index contributed by atoms with van der Waals surface area (Å²) in [4.78, 5) is 11.9. The molecule has 2 aromatic rings. The molecule has 0 amide bonds. The van der Waals surface area contributed by atoms with Crippen molar-refractivity contribution in [2.75, 3.05) is 11.9 Å². The van der Waals surface area contributed by atoms with Crippen molar-refractivity contribution in [3.63, 3.8) is 0 Å². The van der Waals surface area contributed by atoms with E-state index in [0.29, 0.717) is 10.3 Å². The van der Waals surface area contributed by atoms with Crippen molar-refractivity contribution >= 4 is 29.2 Å². The second-order valence-corrected chi connectivity index (χ2v) is 5.10. The van der Waals surface area contributed by atoms with Gasteiger partial charge in [0.05, 0.1) is 6.20 Å². The predicted molar refractivity (Wildman–Crippen MR) is 64.8 cm³/mol.